The molecule has 0 spiro atoms. The predicted molar refractivity (Wildman–Crippen MR) is 72.3 cm³/mol. The maximum Gasteiger partial charge on any atom is 0.221 e. The van der Waals surface area contributed by atoms with Gasteiger partial charge in [0.2, 0.25) is 5.91 Å². The molecule has 1 aromatic rings. The number of rotatable bonds is 6. The van der Waals surface area contributed by atoms with Crippen LogP contribution in [0.5, 0.6) is 0 Å². The SMILES string of the molecule is CCC1(CNCc2sccc2NC(C)=O)CC1. The Kier molecular flexibility index (Phi) is 3.84. The van der Waals surface area contributed by atoms with E-state index < -0.39 is 0 Å². The summed E-state index contributed by atoms with van der Waals surface area (Å²) in [7, 11) is 0. The molecule has 94 valence electrons. The summed E-state index contributed by atoms with van der Waals surface area (Å²) in [5.41, 5.74) is 1.53. The lowest BCUT2D eigenvalue weighted by molar-refractivity contribution is -0.114. The minimum atomic E-state index is -0.00290. The molecule has 3 nitrogen and oxygen atoms in total. The van der Waals surface area contributed by atoms with Gasteiger partial charge < -0.3 is 10.6 Å². The molecular weight excluding hydrogens is 232 g/mol. The first-order chi connectivity index (χ1) is 8.15. The highest BCUT2D eigenvalue weighted by atomic mass is 32.1. The first kappa shape index (κ1) is 12.6. The van der Waals surface area contributed by atoms with E-state index in [9.17, 15) is 4.79 Å². The third-order valence-corrected chi connectivity index (χ3v) is 4.47. The van der Waals surface area contributed by atoms with E-state index >= 15 is 0 Å². The van der Waals surface area contributed by atoms with Gasteiger partial charge in [0.1, 0.15) is 0 Å². The van der Waals surface area contributed by atoms with Crippen molar-refractivity contribution in [2.75, 3.05) is 11.9 Å². The van der Waals surface area contributed by atoms with Crippen LogP contribution in [0, 0.1) is 5.41 Å². The van der Waals surface area contributed by atoms with Crippen LogP contribution >= 0.6 is 11.3 Å². The minimum absolute atomic E-state index is 0.00290. The zero-order chi connectivity index (χ0) is 12.3. The number of nitrogens with one attached hydrogen (secondary N) is 2. The average molecular weight is 252 g/mol. The minimum Gasteiger partial charge on any atom is -0.325 e. The van der Waals surface area contributed by atoms with Gasteiger partial charge in [0.15, 0.2) is 0 Å². The van der Waals surface area contributed by atoms with Gasteiger partial charge in [-0.05, 0) is 36.1 Å². The largest absolute Gasteiger partial charge is 0.325 e. The van der Waals surface area contributed by atoms with Crippen molar-refractivity contribution in [3.8, 4) is 0 Å². The molecule has 0 aromatic carbocycles. The van der Waals surface area contributed by atoms with Crippen LogP contribution in [0.15, 0.2) is 11.4 Å². The Hall–Kier alpha value is -0.870. The molecule has 0 unspecified atom stereocenters. The monoisotopic (exact) mass is 252 g/mol. The van der Waals surface area contributed by atoms with Gasteiger partial charge in [0.25, 0.3) is 0 Å². The highest BCUT2D eigenvalue weighted by molar-refractivity contribution is 7.10. The van der Waals surface area contributed by atoms with Gasteiger partial charge in [-0.2, -0.15) is 0 Å². The fourth-order valence-electron chi connectivity index (χ4n) is 2.05. The van der Waals surface area contributed by atoms with Crippen molar-refractivity contribution in [3.63, 3.8) is 0 Å². The quantitative estimate of drug-likeness (QED) is 0.817. The Balaban J connectivity index is 1.82. The maximum atomic E-state index is 11.0. The van der Waals surface area contributed by atoms with Gasteiger partial charge >= 0.3 is 0 Å². The molecular formula is C13H20N2OS. The van der Waals surface area contributed by atoms with Crippen LogP contribution in [0.3, 0.4) is 0 Å². The molecule has 1 aromatic heterocycles. The summed E-state index contributed by atoms with van der Waals surface area (Å²) >= 11 is 1.69. The zero-order valence-corrected chi connectivity index (χ0v) is 11.3. The normalized spacial score (nSPS) is 16.8. The Morgan fingerprint density at radius 1 is 1.53 bits per heavy atom. The van der Waals surface area contributed by atoms with E-state index in [1.165, 1.54) is 24.1 Å². The number of carbonyl (C=O) groups excluding carboxylic acids is 1. The molecule has 0 saturated heterocycles. The number of hydrogen-bond acceptors (Lipinski definition) is 3. The van der Waals surface area contributed by atoms with Crippen LogP contribution in [0.25, 0.3) is 0 Å². The van der Waals surface area contributed by atoms with Gasteiger partial charge in [0.05, 0.1) is 5.69 Å². The molecule has 4 heteroatoms. The number of hydrogen-bond donors (Lipinski definition) is 2. The molecule has 1 heterocycles. The molecule has 1 aliphatic carbocycles. The highest BCUT2D eigenvalue weighted by Gasteiger charge is 2.39. The summed E-state index contributed by atoms with van der Waals surface area (Å²) in [6.07, 6.45) is 3.99. The smallest absolute Gasteiger partial charge is 0.221 e. The molecule has 0 bridgehead atoms. The van der Waals surface area contributed by atoms with E-state index in [0.29, 0.717) is 5.41 Å². The fraction of sp³-hybridized carbons (Fsp3) is 0.615. The lowest BCUT2D eigenvalue weighted by Crippen LogP contribution is -2.23. The van der Waals surface area contributed by atoms with Crippen molar-refractivity contribution >= 4 is 22.9 Å². The van der Waals surface area contributed by atoms with E-state index in [0.717, 1.165) is 18.8 Å². The van der Waals surface area contributed by atoms with Gasteiger partial charge in [-0.25, -0.2) is 0 Å². The van der Waals surface area contributed by atoms with E-state index in [1.807, 2.05) is 11.4 Å². The summed E-state index contributed by atoms with van der Waals surface area (Å²) in [6.45, 7) is 5.77. The summed E-state index contributed by atoms with van der Waals surface area (Å²) in [6, 6.07) is 1.97. The van der Waals surface area contributed by atoms with Crippen molar-refractivity contribution in [2.45, 2.75) is 39.7 Å². The van der Waals surface area contributed by atoms with Crippen molar-refractivity contribution < 1.29 is 4.79 Å². The molecule has 2 N–H and O–H groups in total. The Labute approximate surface area is 107 Å². The highest BCUT2D eigenvalue weighted by Crippen LogP contribution is 2.47. The number of amides is 1. The summed E-state index contributed by atoms with van der Waals surface area (Å²) in [5.74, 6) is -0.00290. The molecule has 2 rings (SSSR count). The van der Waals surface area contributed by atoms with Crippen LogP contribution in [0.1, 0.15) is 38.0 Å². The third-order valence-electron chi connectivity index (χ3n) is 3.55. The van der Waals surface area contributed by atoms with Crippen LogP contribution in [0.4, 0.5) is 5.69 Å². The van der Waals surface area contributed by atoms with Gasteiger partial charge in [-0.1, -0.05) is 6.92 Å². The van der Waals surface area contributed by atoms with E-state index in [2.05, 4.69) is 17.6 Å². The molecule has 0 aliphatic heterocycles. The molecule has 1 amide bonds. The third kappa shape index (κ3) is 3.30. The van der Waals surface area contributed by atoms with Crippen LogP contribution in [-0.4, -0.2) is 12.5 Å². The standard InChI is InChI=1S/C13H20N2OS/c1-3-13(5-6-13)9-14-8-12-11(4-7-17-12)15-10(2)16/h4,7,14H,3,5-6,8-9H2,1-2H3,(H,15,16). The van der Waals surface area contributed by atoms with Crippen molar-refractivity contribution in [1.29, 1.82) is 0 Å². The summed E-state index contributed by atoms with van der Waals surface area (Å²) in [4.78, 5) is 12.2. The van der Waals surface area contributed by atoms with Gasteiger partial charge in [-0.3, -0.25) is 4.79 Å². The molecule has 1 fully saturated rings. The fourth-order valence-corrected chi connectivity index (χ4v) is 2.85. The first-order valence-corrected chi connectivity index (χ1v) is 7.08. The van der Waals surface area contributed by atoms with E-state index in [-0.39, 0.29) is 5.91 Å². The second kappa shape index (κ2) is 5.19. The first-order valence-electron chi connectivity index (χ1n) is 6.20. The topological polar surface area (TPSA) is 41.1 Å². The second-order valence-corrected chi connectivity index (χ2v) is 5.90. The van der Waals surface area contributed by atoms with Crippen molar-refractivity contribution in [2.24, 2.45) is 5.41 Å². The Bertz CT molecular complexity index is 396. The zero-order valence-electron chi connectivity index (χ0n) is 10.5. The molecule has 0 atom stereocenters. The average Bonchev–Trinajstić information content (AvgIpc) is 2.94. The molecule has 1 saturated carbocycles. The number of anilines is 1. The lowest BCUT2D eigenvalue weighted by Gasteiger charge is -2.13. The van der Waals surface area contributed by atoms with E-state index in [1.54, 1.807) is 18.3 Å². The maximum absolute atomic E-state index is 11.0. The van der Waals surface area contributed by atoms with Crippen LogP contribution in [-0.2, 0) is 11.3 Å². The number of carbonyl (C=O) groups is 1. The predicted octanol–water partition coefficient (Wildman–Crippen LogP) is 2.99. The van der Waals surface area contributed by atoms with Crippen molar-refractivity contribution in [3.05, 3.63) is 16.3 Å². The molecule has 0 radical (unpaired) electrons. The van der Waals surface area contributed by atoms with Gasteiger partial charge in [-0.15, -0.1) is 11.3 Å². The molecule has 1 aliphatic rings. The number of thiophene rings is 1. The van der Waals surface area contributed by atoms with Crippen LogP contribution < -0.4 is 10.6 Å². The second-order valence-electron chi connectivity index (χ2n) is 4.90. The van der Waals surface area contributed by atoms with Crippen molar-refractivity contribution in [1.82, 2.24) is 5.32 Å². The van der Waals surface area contributed by atoms with E-state index in [4.69, 9.17) is 0 Å². The summed E-state index contributed by atoms with van der Waals surface area (Å²) in [5, 5.41) is 8.40. The Morgan fingerprint density at radius 2 is 2.29 bits per heavy atom. The summed E-state index contributed by atoms with van der Waals surface area (Å²) < 4.78 is 0. The Morgan fingerprint density at radius 3 is 2.88 bits per heavy atom. The lowest BCUT2D eigenvalue weighted by atomic mass is 10.0. The molecule has 17 heavy (non-hydrogen) atoms. The van der Waals surface area contributed by atoms with Crippen LogP contribution in [0.2, 0.25) is 0 Å². The van der Waals surface area contributed by atoms with Gasteiger partial charge in [0, 0.05) is 24.9 Å².